The topological polar surface area (TPSA) is 123 Å². The lowest BCUT2D eigenvalue weighted by atomic mass is 9.98. The average molecular weight is 445 g/mol. The molecular weight excluding hydrogens is 420 g/mol. The zero-order chi connectivity index (χ0) is 22.0. The second-order valence-corrected chi connectivity index (χ2v) is 8.87. The molecule has 0 spiro atoms. The highest BCUT2D eigenvalue weighted by Crippen LogP contribution is 2.31. The molecule has 0 saturated carbocycles. The van der Waals surface area contributed by atoms with Gasteiger partial charge in [0, 0.05) is 24.6 Å². The van der Waals surface area contributed by atoms with Crippen LogP contribution in [0, 0.1) is 5.92 Å². The Hall–Kier alpha value is -3.27. The third-order valence-electron chi connectivity index (χ3n) is 5.34. The number of carbonyl (C=O) groups excluding carboxylic acids is 1. The van der Waals surface area contributed by atoms with Crippen LogP contribution < -0.4 is 19.9 Å². The van der Waals surface area contributed by atoms with Crippen LogP contribution in [0.2, 0.25) is 0 Å². The summed E-state index contributed by atoms with van der Waals surface area (Å²) in [6.45, 7) is 1.63. The molecule has 3 N–H and O–H groups in total. The molecule has 0 unspecified atom stereocenters. The van der Waals surface area contributed by atoms with Gasteiger partial charge >= 0.3 is 10.2 Å². The predicted molar refractivity (Wildman–Crippen MR) is 117 cm³/mol. The molecule has 1 saturated heterocycles. The summed E-state index contributed by atoms with van der Waals surface area (Å²) in [6, 6.07) is 12.1. The summed E-state index contributed by atoms with van der Waals surface area (Å²) < 4.78 is 40.5. The van der Waals surface area contributed by atoms with Gasteiger partial charge in [-0.3, -0.25) is 9.52 Å². The van der Waals surface area contributed by atoms with E-state index < -0.39 is 10.2 Å². The minimum atomic E-state index is -3.84. The highest BCUT2D eigenvalue weighted by atomic mass is 32.2. The standard InChI is InChI=1S/C21H24N4O5S/c1-29-16-7-2-6-15(11-16)21(26)25-10-4-5-14(12-25)13-30-18-9-3-8-17-19(18)20(22)24-31(27,28)23-17/h2-3,6-9,11,14,23H,4-5,10,12-13H2,1H3,(H2,22,24)/t14-/m0/s1. The Labute approximate surface area is 181 Å². The fraction of sp³-hybridized carbons (Fsp3) is 0.333. The molecule has 2 aromatic rings. The van der Waals surface area contributed by atoms with E-state index in [1.54, 1.807) is 49.6 Å². The lowest BCUT2D eigenvalue weighted by molar-refractivity contribution is 0.0633. The summed E-state index contributed by atoms with van der Waals surface area (Å²) in [5, 5.41) is 0. The van der Waals surface area contributed by atoms with Crippen molar-refractivity contribution in [2.75, 3.05) is 31.5 Å². The monoisotopic (exact) mass is 444 g/mol. The summed E-state index contributed by atoms with van der Waals surface area (Å²) in [5.74, 6) is 1.09. The van der Waals surface area contributed by atoms with Crippen LogP contribution >= 0.6 is 0 Å². The number of hydrogen-bond acceptors (Lipinski definition) is 6. The fourth-order valence-corrected chi connectivity index (χ4v) is 4.71. The first-order valence-corrected chi connectivity index (χ1v) is 11.4. The number of nitrogens with one attached hydrogen (secondary N) is 1. The number of benzene rings is 2. The first-order chi connectivity index (χ1) is 14.9. The Balaban J connectivity index is 1.44. The molecule has 0 radical (unpaired) electrons. The summed E-state index contributed by atoms with van der Waals surface area (Å²) >= 11 is 0. The normalized spacial score (nSPS) is 19.6. The molecule has 0 aromatic heterocycles. The van der Waals surface area contributed by atoms with Crippen molar-refractivity contribution in [2.45, 2.75) is 12.8 Å². The molecule has 4 rings (SSSR count). The Morgan fingerprint density at radius 3 is 2.90 bits per heavy atom. The molecule has 164 valence electrons. The number of anilines is 1. The maximum atomic E-state index is 12.9. The second kappa shape index (κ2) is 8.46. The summed E-state index contributed by atoms with van der Waals surface area (Å²) in [7, 11) is -2.27. The summed E-state index contributed by atoms with van der Waals surface area (Å²) in [5.41, 5.74) is 7.23. The smallest absolute Gasteiger partial charge is 0.344 e. The van der Waals surface area contributed by atoms with Crippen LogP contribution in [0.15, 0.2) is 46.9 Å². The van der Waals surface area contributed by atoms with E-state index in [2.05, 4.69) is 9.12 Å². The third kappa shape index (κ3) is 4.58. The number of piperidine rings is 1. The van der Waals surface area contributed by atoms with Crippen molar-refractivity contribution in [3.63, 3.8) is 0 Å². The number of ether oxygens (including phenoxy) is 2. The van der Waals surface area contributed by atoms with Crippen molar-refractivity contribution in [3.05, 3.63) is 53.6 Å². The van der Waals surface area contributed by atoms with Crippen LogP contribution in [0.5, 0.6) is 11.5 Å². The van der Waals surface area contributed by atoms with Gasteiger partial charge in [-0.05, 0) is 43.2 Å². The molecule has 10 heteroatoms. The zero-order valence-electron chi connectivity index (χ0n) is 17.1. The minimum Gasteiger partial charge on any atom is -0.497 e. The Bertz CT molecular complexity index is 1130. The number of amides is 1. The van der Waals surface area contributed by atoms with Crippen LogP contribution in [-0.2, 0) is 10.2 Å². The SMILES string of the molecule is COc1cccc(C(=O)N2CCC[C@H](COc3cccc4c3C(N)=NS(=O)(=O)N4)C2)c1. The lowest BCUT2D eigenvalue weighted by Crippen LogP contribution is -2.41. The molecular formula is C21H24N4O5S. The van der Waals surface area contributed by atoms with Crippen molar-refractivity contribution >= 4 is 27.6 Å². The van der Waals surface area contributed by atoms with Crippen LogP contribution in [-0.4, -0.2) is 51.9 Å². The van der Waals surface area contributed by atoms with Gasteiger partial charge in [-0.1, -0.05) is 12.1 Å². The molecule has 2 aromatic carbocycles. The Kier molecular flexibility index (Phi) is 5.73. The van der Waals surface area contributed by atoms with E-state index in [0.717, 1.165) is 12.8 Å². The van der Waals surface area contributed by atoms with Crippen LogP contribution in [0.3, 0.4) is 0 Å². The van der Waals surface area contributed by atoms with Gasteiger partial charge in [0.25, 0.3) is 5.91 Å². The number of nitrogens with zero attached hydrogens (tertiary/aromatic N) is 2. The van der Waals surface area contributed by atoms with Gasteiger partial charge in [-0.2, -0.15) is 8.42 Å². The van der Waals surface area contributed by atoms with Gasteiger partial charge in [0.05, 0.1) is 25.0 Å². The van der Waals surface area contributed by atoms with E-state index in [0.29, 0.717) is 48.0 Å². The highest BCUT2D eigenvalue weighted by Gasteiger charge is 2.27. The zero-order valence-corrected chi connectivity index (χ0v) is 17.9. The van der Waals surface area contributed by atoms with E-state index >= 15 is 0 Å². The largest absolute Gasteiger partial charge is 0.497 e. The minimum absolute atomic E-state index is 0.0357. The maximum absolute atomic E-state index is 12.9. The van der Waals surface area contributed by atoms with E-state index in [1.165, 1.54) is 0 Å². The molecule has 31 heavy (non-hydrogen) atoms. The third-order valence-corrected chi connectivity index (χ3v) is 6.25. The number of fused-ring (bicyclic) bond motifs is 1. The number of carbonyl (C=O) groups is 1. The fourth-order valence-electron chi connectivity index (χ4n) is 3.87. The van der Waals surface area contributed by atoms with Gasteiger partial charge in [-0.25, -0.2) is 0 Å². The van der Waals surface area contributed by atoms with E-state index in [9.17, 15) is 13.2 Å². The van der Waals surface area contributed by atoms with Crippen LogP contribution in [0.4, 0.5) is 5.69 Å². The van der Waals surface area contributed by atoms with Crippen molar-refractivity contribution < 1.29 is 22.7 Å². The number of likely N-dealkylation sites (tertiary alicyclic amines) is 1. The van der Waals surface area contributed by atoms with Crippen LogP contribution in [0.1, 0.15) is 28.8 Å². The maximum Gasteiger partial charge on any atom is 0.344 e. The van der Waals surface area contributed by atoms with Gasteiger partial charge in [-0.15, -0.1) is 4.40 Å². The highest BCUT2D eigenvalue weighted by molar-refractivity contribution is 7.91. The molecule has 1 amide bonds. The number of amidine groups is 1. The van der Waals surface area contributed by atoms with E-state index in [4.69, 9.17) is 15.2 Å². The first-order valence-electron chi connectivity index (χ1n) is 9.94. The summed E-state index contributed by atoms with van der Waals surface area (Å²) in [4.78, 5) is 14.7. The van der Waals surface area contributed by atoms with Crippen molar-refractivity contribution in [2.24, 2.45) is 16.0 Å². The first kappa shape index (κ1) is 21.0. The number of methoxy groups -OCH3 is 1. The van der Waals surface area contributed by atoms with Crippen molar-refractivity contribution in [1.29, 1.82) is 0 Å². The molecule has 0 aliphatic carbocycles. The molecule has 1 fully saturated rings. The lowest BCUT2D eigenvalue weighted by Gasteiger charge is -2.33. The van der Waals surface area contributed by atoms with E-state index in [1.807, 2.05) is 4.90 Å². The van der Waals surface area contributed by atoms with E-state index in [-0.39, 0.29) is 17.7 Å². The van der Waals surface area contributed by atoms with Gasteiger partial charge in [0.2, 0.25) is 0 Å². The Morgan fingerprint density at radius 1 is 1.29 bits per heavy atom. The molecule has 1 atom stereocenters. The van der Waals surface area contributed by atoms with Gasteiger partial charge in [0.15, 0.2) is 5.84 Å². The average Bonchev–Trinajstić information content (AvgIpc) is 2.76. The van der Waals surface area contributed by atoms with Crippen LogP contribution in [0.25, 0.3) is 0 Å². The van der Waals surface area contributed by atoms with Crippen molar-refractivity contribution in [1.82, 2.24) is 4.90 Å². The van der Waals surface area contributed by atoms with Gasteiger partial charge < -0.3 is 20.1 Å². The number of hydrogen-bond donors (Lipinski definition) is 2. The van der Waals surface area contributed by atoms with Crippen molar-refractivity contribution in [3.8, 4) is 11.5 Å². The number of nitrogens with two attached hydrogens (primary N) is 1. The quantitative estimate of drug-likeness (QED) is 0.727. The molecule has 9 nitrogen and oxygen atoms in total. The van der Waals surface area contributed by atoms with Gasteiger partial charge in [0.1, 0.15) is 11.5 Å². The molecule has 0 bridgehead atoms. The number of rotatable bonds is 5. The molecule has 2 heterocycles. The second-order valence-electron chi connectivity index (χ2n) is 7.53. The predicted octanol–water partition coefficient (Wildman–Crippen LogP) is 2.00. The Morgan fingerprint density at radius 2 is 2.10 bits per heavy atom. The summed E-state index contributed by atoms with van der Waals surface area (Å²) in [6.07, 6.45) is 1.80. The molecule has 2 aliphatic heterocycles. The molecule has 2 aliphatic rings.